The SMILES string of the molecule is O=C(O)C1CCN(C(=O)Nc2cccc(C#Cc3ccccn3)c2)CC1. The molecule has 1 saturated heterocycles. The third-order valence-electron chi connectivity index (χ3n) is 4.25. The fourth-order valence-corrected chi connectivity index (χ4v) is 2.78. The van der Waals surface area contributed by atoms with Crippen LogP contribution in [-0.4, -0.2) is 40.1 Å². The van der Waals surface area contributed by atoms with Crippen molar-refractivity contribution in [3.05, 3.63) is 59.9 Å². The number of piperidine rings is 1. The van der Waals surface area contributed by atoms with E-state index in [0.29, 0.717) is 37.3 Å². The number of carboxylic acid groups (broad SMARTS) is 1. The Kier molecular flexibility index (Phi) is 5.49. The van der Waals surface area contributed by atoms with Crippen LogP contribution in [0.3, 0.4) is 0 Å². The second-order valence-corrected chi connectivity index (χ2v) is 6.08. The summed E-state index contributed by atoms with van der Waals surface area (Å²) in [6.07, 6.45) is 2.66. The lowest BCUT2D eigenvalue weighted by Gasteiger charge is -2.30. The highest BCUT2D eigenvalue weighted by molar-refractivity contribution is 5.89. The average molecular weight is 349 g/mol. The number of nitrogens with one attached hydrogen (secondary N) is 1. The molecule has 0 aliphatic carbocycles. The van der Waals surface area contributed by atoms with Crippen molar-refractivity contribution in [2.45, 2.75) is 12.8 Å². The zero-order valence-electron chi connectivity index (χ0n) is 14.2. The minimum atomic E-state index is -0.788. The molecule has 1 fully saturated rings. The minimum absolute atomic E-state index is 0.219. The minimum Gasteiger partial charge on any atom is -0.481 e. The van der Waals surface area contributed by atoms with Crippen LogP contribution in [0.5, 0.6) is 0 Å². The van der Waals surface area contributed by atoms with Gasteiger partial charge in [0.05, 0.1) is 5.92 Å². The van der Waals surface area contributed by atoms with Crippen molar-refractivity contribution in [1.29, 1.82) is 0 Å². The summed E-state index contributed by atoms with van der Waals surface area (Å²) in [6.45, 7) is 0.893. The van der Waals surface area contributed by atoms with Gasteiger partial charge in [-0.1, -0.05) is 18.1 Å². The van der Waals surface area contributed by atoms with Crippen molar-refractivity contribution in [3.63, 3.8) is 0 Å². The monoisotopic (exact) mass is 349 g/mol. The van der Waals surface area contributed by atoms with Gasteiger partial charge in [0.15, 0.2) is 0 Å². The molecule has 1 aromatic carbocycles. The van der Waals surface area contributed by atoms with E-state index in [0.717, 1.165) is 5.56 Å². The van der Waals surface area contributed by atoms with Crippen LogP contribution < -0.4 is 5.32 Å². The summed E-state index contributed by atoms with van der Waals surface area (Å²) in [5, 5.41) is 11.9. The van der Waals surface area contributed by atoms with Crippen molar-refractivity contribution in [1.82, 2.24) is 9.88 Å². The normalized spacial score (nSPS) is 14.2. The van der Waals surface area contributed by atoms with Crippen LogP contribution in [0, 0.1) is 17.8 Å². The van der Waals surface area contributed by atoms with Crippen LogP contribution in [-0.2, 0) is 4.79 Å². The van der Waals surface area contributed by atoms with Crippen molar-refractivity contribution in [2.75, 3.05) is 18.4 Å². The van der Waals surface area contributed by atoms with E-state index in [1.165, 1.54) is 0 Å². The average Bonchev–Trinajstić information content (AvgIpc) is 2.67. The number of carbonyl (C=O) groups is 2. The summed E-state index contributed by atoms with van der Waals surface area (Å²) in [6, 6.07) is 12.6. The number of nitrogens with zero attached hydrogens (tertiary/aromatic N) is 2. The molecule has 6 heteroatoms. The molecular formula is C20H19N3O3. The molecule has 1 aromatic heterocycles. The Morgan fingerprint density at radius 3 is 2.62 bits per heavy atom. The van der Waals surface area contributed by atoms with E-state index in [9.17, 15) is 9.59 Å². The number of hydrogen-bond donors (Lipinski definition) is 2. The fourth-order valence-electron chi connectivity index (χ4n) is 2.78. The van der Waals surface area contributed by atoms with Gasteiger partial charge < -0.3 is 15.3 Å². The molecule has 0 spiro atoms. The number of aromatic nitrogens is 1. The summed E-state index contributed by atoms with van der Waals surface area (Å²) in [4.78, 5) is 29.1. The predicted octanol–water partition coefficient (Wildman–Crippen LogP) is 2.81. The number of carbonyl (C=O) groups excluding carboxylic acids is 1. The highest BCUT2D eigenvalue weighted by Crippen LogP contribution is 2.18. The summed E-state index contributed by atoms with van der Waals surface area (Å²) < 4.78 is 0. The second kappa shape index (κ2) is 8.17. The predicted molar refractivity (Wildman–Crippen MR) is 97.6 cm³/mol. The summed E-state index contributed by atoms with van der Waals surface area (Å²) in [5.41, 5.74) is 2.12. The number of likely N-dealkylation sites (tertiary alicyclic amines) is 1. The molecule has 0 atom stereocenters. The number of pyridine rings is 1. The van der Waals surface area contributed by atoms with Crippen molar-refractivity contribution in [2.24, 2.45) is 5.92 Å². The largest absolute Gasteiger partial charge is 0.481 e. The maximum atomic E-state index is 12.4. The molecule has 132 valence electrons. The van der Waals surface area contributed by atoms with E-state index in [2.05, 4.69) is 22.1 Å². The Morgan fingerprint density at radius 1 is 1.12 bits per heavy atom. The zero-order chi connectivity index (χ0) is 18.4. The Labute approximate surface area is 151 Å². The Morgan fingerprint density at radius 2 is 1.92 bits per heavy atom. The van der Waals surface area contributed by atoms with E-state index >= 15 is 0 Å². The number of benzene rings is 1. The van der Waals surface area contributed by atoms with Gasteiger partial charge in [0.25, 0.3) is 0 Å². The summed E-state index contributed by atoms with van der Waals surface area (Å²) in [7, 11) is 0. The number of rotatable bonds is 2. The first-order valence-corrected chi connectivity index (χ1v) is 8.43. The number of amides is 2. The Balaban J connectivity index is 1.61. The molecule has 2 aromatic rings. The number of anilines is 1. The molecular weight excluding hydrogens is 330 g/mol. The molecule has 6 nitrogen and oxygen atoms in total. The number of urea groups is 1. The van der Waals surface area contributed by atoms with Crippen LogP contribution in [0.2, 0.25) is 0 Å². The van der Waals surface area contributed by atoms with Crippen LogP contribution in [0.4, 0.5) is 10.5 Å². The second-order valence-electron chi connectivity index (χ2n) is 6.08. The van der Waals surface area contributed by atoms with Gasteiger partial charge in [-0.05, 0) is 49.1 Å². The smallest absolute Gasteiger partial charge is 0.321 e. The molecule has 0 bridgehead atoms. The molecule has 1 aliphatic rings. The quantitative estimate of drug-likeness (QED) is 0.817. The first-order valence-electron chi connectivity index (χ1n) is 8.43. The Hall–Kier alpha value is -3.33. The van der Waals surface area contributed by atoms with E-state index in [1.807, 2.05) is 30.3 Å². The van der Waals surface area contributed by atoms with Gasteiger partial charge in [-0.2, -0.15) is 0 Å². The highest BCUT2D eigenvalue weighted by atomic mass is 16.4. The topological polar surface area (TPSA) is 82.5 Å². The zero-order valence-corrected chi connectivity index (χ0v) is 14.2. The lowest BCUT2D eigenvalue weighted by molar-refractivity contribution is -0.143. The number of aliphatic carboxylic acids is 1. The third kappa shape index (κ3) is 4.61. The van der Waals surface area contributed by atoms with Crippen LogP contribution >= 0.6 is 0 Å². The highest BCUT2D eigenvalue weighted by Gasteiger charge is 2.26. The van der Waals surface area contributed by atoms with E-state index in [1.54, 1.807) is 23.2 Å². The molecule has 0 saturated carbocycles. The lowest BCUT2D eigenvalue weighted by atomic mass is 9.97. The van der Waals surface area contributed by atoms with Gasteiger partial charge in [-0.15, -0.1) is 0 Å². The van der Waals surface area contributed by atoms with E-state index in [-0.39, 0.29) is 11.9 Å². The van der Waals surface area contributed by atoms with Crippen molar-refractivity contribution >= 4 is 17.7 Å². The van der Waals surface area contributed by atoms with E-state index < -0.39 is 5.97 Å². The summed E-state index contributed by atoms with van der Waals surface area (Å²) in [5.74, 6) is 4.87. The van der Waals surface area contributed by atoms with Gasteiger partial charge in [0, 0.05) is 30.5 Å². The maximum absolute atomic E-state index is 12.4. The van der Waals surface area contributed by atoms with Gasteiger partial charge in [-0.3, -0.25) is 4.79 Å². The lowest BCUT2D eigenvalue weighted by Crippen LogP contribution is -2.42. The van der Waals surface area contributed by atoms with Crippen molar-refractivity contribution in [3.8, 4) is 11.8 Å². The molecule has 26 heavy (non-hydrogen) atoms. The van der Waals surface area contributed by atoms with E-state index in [4.69, 9.17) is 5.11 Å². The van der Waals surface area contributed by atoms with Crippen molar-refractivity contribution < 1.29 is 14.7 Å². The van der Waals surface area contributed by atoms with Gasteiger partial charge in [-0.25, -0.2) is 9.78 Å². The molecule has 2 heterocycles. The molecule has 0 unspecified atom stereocenters. The molecule has 1 aliphatic heterocycles. The standard InChI is InChI=1S/C20H19N3O3/c24-19(25)16-9-12-23(13-10-16)20(26)22-18-6-3-4-15(14-18)7-8-17-5-1-2-11-21-17/h1-6,11,14,16H,9-10,12-13H2,(H,22,26)(H,24,25). The van der Waals surface area contributed by atoms with Gasteiger partial charge in [0.2, 0.25) is 0 Å². The van der Waals surface area contributed by atoms with Gasteiger partial charge >= 0.3 is 12.0 Å². The van der Waals surface area contributed by atoms with Crippen LogP contribution in [0.25, 0.3) is 0 Å². The summed E-state index contributed by atoms with van der Waals surface area (Å²) >= 11 is 0. The molecule has 0 radical (unpaired) electrons. The number of carboxylic acids is 1. The first kappa shape index (κ1) is 17.5. The molecule has 2 N–H and O–H groups in total. The van der Waals surface area contributed by atoms with Crippen LogP contribution in [0.15, 0.2) is 48.7 Å². The number of hydrogen-bond acceptors (Lipinski definition) is 3. The maximum Gasteiger partial charge on any atom is 0.321 e. The van der Waals surface area contributed by atoms with Crippen LogP contribution in [0.1, 0.15) is 24.1 Å². The van der Waals surface area contributed by atoms with Gasteiger partial charge in [0.1, 0.15) is 5.69 Å². The Bertz CT molecular complexity index is 847. The molecule has 2 amide bonds. The first-order chi connectivity index (χ1) is 12.6. The fraction of sp³-hybridized carbons (Fsp3) is 0.250. The third-order valence-corrected chi connectivity index (χ3v) is 4.25. The molecule has 3 rings (SSSR count).